The van der Waals surface area contributed by atoms with Gasteiger partial charge in [0.15, 0.2) is 16.6 Å². The SMILES string of the molecule is CC(C)(C)[Si](C)(C)OCCOCCOC(COCc1ccccc1)CO[Si](C)(C)C(C)(C)C. The third-order valence-corrected chi connectivity index (χ3v) is 16.0. The van der Waals surface area contributed by atoms with Crippen molar-refractivity contribution >= 4 is 16.6 Å². The van der Waals surface area contributed by atoms with Crippen LogP contribution in [0.15, 0.2) is 30.3 Å². The van der Waals surface area contributed by atoms with E-state index in [4.69, 9.17) is 23.1 Å². The standard InChI is InChI=1S/C26H50O5Si2/c1-25(2,3)32(7,8)30-19-17-27-16-18-29-24(22-31-33(9,10)26(4,5)6)21-28-20-23-14-12-11-13-15-23/h11-15,24H,16-22H2,1-10H3. The van der Waals surface area contributed by atoms with Crippen molar-refractivity contribution in [3.63, 3.8) is 0 Å². The van der Waals surface area contributed by atoms with Gasteiger partial charge in [0, 0.05) is 0 Å². The average molecular weight is 499 g/mol. The van der Waals surface area contributed by atoms with Crippen molar-refractivity contribution in [3.8, 4) is 0 Å². The van der Waals surface area contributed by atoms with Crippen molar-refractivity contribution in [1.82, 2.24) is 0 Å². The van der Waals surface area contributed by atoms with Gasteiger partial charge in [-0.3, -0.25) is 0 Å². The zero-order valence-electron chi connectivity index (χ0n) is 23.0. The van der Waals surface area contributed by atoms with E-state index in [-0.39, 0.29) is 16.2 Å². The number of rotatable bonds is 15. The largest absolute Gasteiger partial charge is 0.414 e. The second-order valence-corrected chi connectivity index (χ2v) is 21.4. The molecule has 0 amide bonds. The number of hydrogen-bond donors (Lipinski definition) is 0. The molecule has 0 N–H and O–H groups in total. The summed E-state index contributed by atoms with van der Waals surface area (Å²) < 4.78 is 30.4. The Kier molecular flexibility index (Phi) is 12.5. The molecular weight excluding hydrogens is 448 g/mol. The molecule has 1 aromatic carbocycles. The molecule has 0 fully saturated rings. The zero-order valence-corrected chi connectivity index (χ0v) is 25.0. The van der Waals surface area contributed by atoms with Crippen molar-refractivity contribution < 1.29 is 23.1 Å². The average Bonchev–Trinajstić information content (AvgIpc) is 2.69. The third kappa shape index (κ3) is 11.6. The van der Waals surface area contributed by atoms with Gasteiger partial charge in [0.1, 0.15) is 6.10 Å². The van der Waals surface area contributed by atoms with Crippen LogP contribution in [0, 0.1) is 0 Å². The highest BCUT2D eigenvalue weighted by molar-refractivity contribution is 6.74. The summed E-state index contributed by atoms with van der Waals surface area (Å²) in [5.41, 5.74) is 1.16. The van der Waals surface area contributed by atoms with Crippen LogP contribution < -0.4 is 0 Å². The van der Waals surface area contributed by atoms with Gasteiger partial charge in [0.25, 0.3) is 0 Å². The minimum Gasteiger partial charge on any atom is -0.414 e. The number of benzene rings is 1. The highest BCUT2D eigenvalue weighted by Gasteiger charge is 2.38. The maximum absolute atomic E-state index is 6.40. The topological polar surface area (TPSA) is 46.2 Å². The fraction of sp³-hybridized carbons (Fsp3) is 0.769. The highest BCUT2D eigenvalue weighted by atomic mass is 28.4. The van der Waals surface area contributed by atoms with Crippen LogP contribution in [0.2, 0.25) is 36.3 Å². The van der Waals surface area contributed by atoms with E-state index in [9.17, 15) is 0 Å². The Bertz CT molecular complexity index is 651. The van der Waals surface area contributed by atoms with E-state index in [1.807, 2.05) is 18.2 Å². The summed E-state index contributed by atoms with van der Waals surface area (Å²) in [5.74, 6) is 0. The second-order valence-electron chi connectivity index (χ2n) is 11.8. The van der Waals surface area contributed by atoms with E-state index in [0.29, 0.717) is 46.2 Å². The van der Waals surface area contributed by atoms with Crippen molar-refractivity contribution in [3.05, 3.63) is 35.9 Å². The summed E-state index contributed by atoms with van der Waals surface area (Å²) in [7, 11) is -3.57. The quantitative estimate of drug-likeness (QED) is 0.200. The second kappa shape index (κ2) is 13.5. The molecule has 33 heavy (non-hydrogen) atoms. The third-order valence-electron chi connectivity index (χ3n) is 6.93. The first-order chi connectivity index (χ1) is 15.2. The molecule has 0 bridgehead atoms. The molecule has 0 aliphatic rings. The van der Waals surface area contributed by atoms with Crippen LogP contribution in [-0.2, 0) is 29.7 Å². The predicted octanol–water partition coefficient (Wildman–Crippen LogP) is 6.65. The first-order valence-corrected chi connectivity index (χ1v) is 18.1. The predicted molar refractivity (Wildman–Crippen MR) is 143 cm³/mol. The van der Waals surface area contributed by atoms with Gasteiger partial charge in [0.05, 0.1) is 46.2 Å². The molecule has 1 unspecified atom stereocenters. The summed E-state index contributed by atoms with van der Waals surface area (Å²) in [5, 5.41) is 0.378. The van der Waals surface area contributed by atoms with Crippen LogP contribution >= 0.6 is 0 Å². The Morgan fingerprint density at radius 3 is 1.79 bits per heavy atom. The number of ether oxygens (including phenoxy) is 3. The molecule has 0 spiro atoms. The van der Waals surface area contributed by atoms with Crippen molar-refractivity contribution in [2.24, 2.45) is 0 Å². The molecule has 0 aliphatic carbocycles. The lowest BCUT2D eigenvalue weighted by Crippen LogP contribution is -2.43. The highest BCUT2D eigenvalue weighted by Crippen LogP contribution is 2.37. The van der Waals surface area contributed by atoms with Gasteiger partial charge >= 0.3 is 0 Å². The molecule has 1 rings (SSSR count). The van der Waals surface area contributed by atoms with Gasteiger partial charge < -0.3 is 23.1 Å². The Morgan fingerprint density at radius 2 is 1.21 bits per heavy atom. The van der Waals surface area contributed by atoms with Crippen LogP contribution in [0.1, 0.15) is 47.1 Å². The Hall–Kier alpha value is -0.546. The summed E-state index contributed by atoms with van der Waals surface area (Å²) in [6.07, 6.45) is -0.116. The lowest BCUT2D eigenvalue weighted by atomic mass is 10.2. The molecule has 192 valence electrons. The van der Waals surface area contributed by atoms with Crippen molar-refractivity contribution in [2.75, 3.05) is 39.6 Å². The molecule has 1 atom stereocenters. The van der Waals surface area contributed by atoms with E-state index in [2.05, 4.69) is 79.9 Å². The molecule has 0 radical (unpaired) electrons. The van der Waals surface area contributed by atoms with Gasteiger partial charge in [0.2, 0.25) is 0 Å². The van der Waals surface area contributed by atoms with Crippen LogP contribution in [-0.4, -0.2) is 62.4 Å². The van der Waals surface area contributed by atoms with Crippen molar-refractivity contribution in [1.29, 1.82) is 0 Å². The molecule has 0 aromatic heterocycles. The van der Waals surface area contributed by atoms with E-state index in [1.165, 1.54) is 0 Å². The Balaban J connectivity index is 2.43. The lowest BCUT2D eigenvalue weighted by Gasteiger charge is -2.37. The summed E-state index contributed by atoms with van der Waals surface area (Å²) in [6, 6.07) is 10.2. The normalized spacial score (nSPS) is 14.5. The first kappa shape index (κ1) is 30.5. The Labute approximate surface area is 205 Å². The van der Waals surface area contributed by atoms with E-state index in [0.717, 1.165) is 5.56 Å². The van der Waals surface area contributed by atoms with Gasteiger partial charge in [-0.15, -0.1) is 0 Å². The Morgan fingerprint density at radius 1 is 0.667 bits per heavy atom. The van der Waals surface area contributed by atoms with Crippen LogP contribution in [0.25, 0.3) is 0 Å². The molecular formula is C26H50O5Si2. The molecule has 1 aromatic rings. The molecule has 0 saturated carbocycles. The van der Waals surface area contributed by atoms with Crippen LogP contribution in [0.5, 0.6) is 0 Å². The molecule has 5 nitrogen and oxygen atoms in total. The summed E-state index contributed by atoms with van der Waals surface area (Å²) in [4.78, 5) is 0. The minimum absolute atomic E-state index is 0.116. The first-order valence-electron chi connectivity index (χ1n) is 12.2. The van der Waals surface area contributed by atoms with Gasteiger partial charge in [-0.25, -0.2) is 0 Å². The fourth-order valence-corrected chi connectivity index (χ4v) is 4.55. The maximum Gasteiger partial charge on any atom is 0.192 e. The lowest BCUT2D eigenvalue weighted by molar-refractivity contribution is -0.0613. The molecule has 0 aliphatic heterocycles. The molecule has 7 heteroatoms. The smallest absolute Gasteiger partial charge is 0.192 e. The molecule has 0 saturated heterocycles. The fourth-order valence-electron chi connectivity index (χ4n) is 2.49. The van der Waals surface area contributed by atoms with Gasteiger partial charge in [-0.05, 0) is 41.8 Å². The number of hydrogen-bond acceptors (Lipinski definition) is 5. The minimum atomic E-state index is -1.85. The van der Waals surface area contributed by atoms with Gasteiger partial charge in [-0.2, -0.15) is 0 Å². The van der Waals surface area contributed by atoms with E-state index in [1.54, 1.807) is 0 Å². The van der Waals surface area contributed by atoms with Crippen LogP contribution in [0.3, 0.4) is 0 Å². The summed E-state index contributed by atoms with van der Waals surface area (Å²) in [6.45, 7) is 26.4. The van der Waals surface area contributed by atoms with E-state index < -0.39 is 16.6 Å². The monoisotopic (exact) mass is 498 g/mol. The van der Waals surface area contributed by atoms with Crippen LogP contribution in [0.4, 0.5) is 0 Å². The summed E-state index contributed by atoms with van der Waals surface area (Å²) >= 11 is 0. The maximum atomic E-state index is 6.40. The zero-order chi connectivity index (χ0) is 25.2. The van der Waals surface area contributed by atoms with E-state index >= 15 is 0 Å². The molecule has 0 heterocycles. The van der Waals surface area contributed by atoms with Gasteiger partial charge in [-0.1, -0.05) is 71.9 Å². The van der Waals surface area contributed by atoms with Crippen molar-refractivity contribution in [2.45, 2.75) is 90.5 Å².